The molecular formula is C17H21N3S. The third-order valence-electron chi connectivity index (χ3n) is 3.96. The highest BCUT2D eigenvalue weighted by molar-refractivity contribution is 7.80. The lowest BCUT2D eigenvalue weighted by Crippen LogP contribution is -2.28. The Morgan fingerprint density at radius 1 is 1.38 bits per heavy atom. The summed E-state index contributed by atoms with van der Waals surface area (Å²) >= 11 is 5.23. The molecule has 2 N–H and O–H groups in total. The Labute approximate surface area is 131 Å². The molecule has 3 nitrogen and oxygen atoms in total. The summed E-state index contributed by atoms with van der Waals surface area (Å²) in [6.45, 7) is 4.32. The molecular weight excluding hydrogens is 278 g/mol. The Balaban J connectivity index is 2.05. The standard InChI is InChI=1S/C17H21N3S/c1-2-9-20(11-12-7-8-12)16-10-14(17(18)21)13-5-3-4-6-15(13)19-16/h3-6,10,12H,2,7-9,11H2,1H3,(H2,18,21). The van der Waals surface area contributed by atoms with E-state index in [1.807, 2.05) is 24.3 Å². The van der Waals surface area contributed by atoms with Crippen LogP contribution in [-0.4, -0.2) is 23.1 Å². The smallest absolute Gasteiger partial charge is 0.129 e. The summed E-state index contributed by atoms with van der Waals surface area (Å²) in [5.41, 5.74) is 7.82. The van der Waals surface area contributed by atoms with Crippen LogP contribution < -0.4 is 10.6 Å². The minimum Gasteiger partial charge on any atom is -0.389 e. The molecule has 0 atom stereocenters. The maximum absolute atomic E-state index is 5.92. The summed E-state index contributed by atoms with van der Waals surface area (Å²) in [7, 11) is 0. The van der Waals surface area contributed by atoms with E-state index in [-0.39, 0.29) is 0 Å². The summed E-state index contributed by atoms with van der Waals surface area (Å²) in [5.74, 6) is 1.84. The Hall–Kier alpha value is -1.68. The van der Waals surface area contributed by atoms with Gasteiger partial charge in [-0.15, -0.1) is 0 Å². The maximum atomic E-state index is 5.92. The summed E-state index contributed by atoms with van der Waals surface area (Å²) in [4.78, 5) is 7.65. The zero-order valence-corrected chi connectivity index (χ0v) is 13.2. The van der Waals surface area contributed by atoms with E-state index in [9.17, 15) is 0 Å². The van der Waals surface area contributed by atoms with Crippen molar-refractivity contribution in [1.82, 2.24) is 4.98 Å². The molecule has 21 heavy (non-hydrogen) atoms. The average molecular weight is 299 g/mol. The summed E-state index contributed by atoms with van der Waals surface area (Å²) in [6, 6.07) is 10.1. The zero-order valence-electron chi connectivity index (χ0n) is 12.4. The normalized spacial score (nSPS) is 14.3. The van der Waals surface area contributed by atoms with Gasteiger partial charge in [0.05, 0.1) is 5.52 Å². The molecule has 1 aromatic heterocycles. The molecule has 0 amide bonds. The first-order chi connectivity index (χ1) is 10.2. The topological polar surface area (TPSA) is 42.1 Å². The van der Waals surface area contributed by atoms with Crippen LogP contribution >= 0.6 is 12.2 Å². The van der Waals surface area contributed by atoms with Crippen molar-refractivity contribution in [2.24, 2.45) is 11.7 Å². The van der Waals surface area contributed by atoms with Gasteiger partial charge in [0.25, 0.3) is 0 Å². The van der Waals surface area contributed by atoms with Gasteiger partial charge in [-0.25, -0.2) is 4.98 Å². The Bertz CT molecular complexity index is 664. The fourth-order valence-electron chi connectivity index (χ4n) is 2.71. The van der Waals surface area contributed by atoms with Crippen molar-refractivity contribution in [3.8, 4) is 0 Å². The van der Waals surface area contributed by atoms with Crippen molar-refractivity contribution >= 4 is 33.9 Å². The second kappa shape index (κ2) is 5.98. The van der Waals surface area contributed by atoms with Crippen molar-refractivity contribution in [3.63, 3.8) is 0 Å². The predicted octanol–water partition coefficient (Wildman–Crippen LogP) is 3.50. The molecule has 1 fully saturated rings. The minimum absolute atomic E-state index is 0.442. The Kier molecular flexibility index (Phi) is 4.06. The van der Waals surface area contributed by atoms with Crippen LogP contribution in [0.3, 0.4) is 0 Å². The van der Waals surface area contributed by atoms with Crippen LogP contribution in [-0.2, 0) is 0 Å². The Morgan fingerprint density at radius 2 is 2.14 bits per heavy atom. The molecule has 0 unspecified atom stereocenters. The van der Waals surface area contributed by atoms with E-state index in [0.717, 1.165) is 47.7 Å². The predicted molar refractivity (Wildman–Crippen MR) is 92.9 cm³/mol. The lowest BCUT2D eigenvalue weighted by Gasteiger charge is -2.24. The highest BCUT2D eigenvalue weighted by atomic mass is 32.1. The number of fused-ring (bicyclic) bond motifs is 1. The highest BCUT2D eigenvalue weighted by Gasteiger charge is 2.25. The van der Waals surface area contributed by atoms with Gasteiger partial charge in [0.15, 0.2) is 0 Å². The molecule has 4 heteroatoms. The number of aromatic nitrogens is 1. The maximum Gasteiger partial charge on any atom is 0.129 e. The number of pyridine rings is 1. The first-order valence-corrected chi connectivity index (χ1v) is 8.04. The molecule has 1 aliphatic carbocycles. The van der Waals surface area contributed by atoms with Crippen molar-refractivity contribution in [1.29, 1.82) is 0 Å². The number of hydrogen-bond donors (Lipinski definition) is 1. The number of hydrogen-bond acceptors (Lipinski definition) is 3. The fourth-order valence-corrected chi connectivity index (χ4v) is 2.88. The molecule has 0 spiro atoms. The van der Waals surface area contributed by atoms with Crippen LogP contribution in [0.4, 0.5) is 5.82 Å². The number of thiocarbonyl (C=S) groups is 1. The number of nitrogens with zero attached hydrogens (tertiary/aromatic N) is 2. The first-order valence-electron chi connectivity index (χ1n) is 7.63. The van der Waals surface area contributed by atoms with Gasteiger partial charge in [-0.3, -0.25) is 0 Å². The minimum atomic E-state index is 0.442. The molecule has 3 rings (SSSR count). The summed E-state index contributed by atoms with van der Waals surface area (Å²) in [5, 5.41) is 1.04. The fraction of sp³-hybridized carbons (Fsp3) is 0.412. The van der Waals surface area contributed by atoms with Crippen LogP contribution in [0.25, 0.3) is 10.9 Å². The van der Waals surface area contributed by atoms with Gasteiger partial charge in [0.2, 0.25) is 0 Å². The van der Waals surface area contributed by atoms with E-state index in [4.69, 9.17) is 22.9 Å². The van der Waals surface area contributed by atoms with Gasteiger partial charge in [-0.05, 0) is 37.3 Å². The van der Waals surface area contributed by atoms with Crippen molar-refractivity contribution in [2.75, 3.05) is 18.0 Å². The lowest BCUT2D eigenvalue weighted by molar-refractivity contribution is 0.700. The SMILES string of the molecule is CCCN(CC1CC1)c1cc(C(N)=S)c2ccccc2n1. The molecule has 0 aliphatic heterocycles. The highest BCUT2D eigenvalue weighted by Crippen LogP contribution is 2.32. The van der Waals surface area contributed by atoms with Gasteiger partial charge < -0.3 is 10.6 Å². The second-order valence-corrected chi connectivity index (χ2v) is 6.24. The number of para-hydroxylation sites is 1. The van der Waals surface area contributed by atoms with E-state index in [1.54, 1.807) is 0 Å². The molecule has 1 aliphatic rings. The van der Waals surface area contributed by atoms with Crippen molar-refractivity contribution < 1.29 is 0 Å². The van der Waals surface area contributed by atoms with Crippen LogP contribution in [0.2, 0.25) is 0 Å². The van der Waals surface area contributed by atoms with Crippen molar-refractivity contribution in [3.05, 3.63) is 35.9 Å². The second-order valence-electron chi connectivity index (χ2n) is 5.80. The lowest BCUT2D eigenvalue weighted by atomic mass is 10.1. The first kappa shape index (κ1) is 14.3. The van der Waals surface area contributed by atoms with E-state index in [1.165, 1.54) is 12.8 Å². The summed E-state index contributed by atoms with van der Waals surface area (Å²) < 4.78 is 0. The van der Waals surface area contributed by atoms with Crippen molar-refractivity contribution in [2.45, 2.75) is 26.2 Å². The van der Waals surface area contributed by atoms with Gasteiger partial charge in [0.1, 0.15) is 10.8 Å². The van der Waals surface area contributed by atoms with Gasteiger partial charge in [-0.2, -0.15) is 0 Å². The van der Waals surface area contributed by atoms with Gasteiger partial charge in [0, 0.05) is 24.0 Å². The number of rotatable bonds is 6. The molecule has 110 valence electrons. The van der Waals surface area contributed by atoms with E-state index >= 15 is 0 Å². The number of benzene rings is 1. The molecule has 0 bridgehead atoms. The third-order valence-corrected chi connectivity index (χ3v) is 4.18. The molecule has 0 radical (unpaired) electrons. The molecule has 0 saturated heterocycles. The Morgan fingerprint density at radius 3 is 2.81 bits per heavy atom. The number of nitrogens with two attached hydrogens (primary N) is 1. The van der Waals surface area contributed by atoms with Gasteiger partial charge in [-0.1, -0.05) is 37.3 Å². The van der Waals surface area contributed by atoms with E-state index < -0.39 is 0 Å². The monoisotopic (exact) mass is 299 g/mol. The summed E-state index contributed by atoms with van der Waals surface area (Å²) in [6.07, 6.45) is 3.80. The van der Waals surface area contributed by atoms with Crippen LogP contribution in [0.1, 0.15) is 31.7 Å². The third kappa shape index (κ3) is 3.16. The molecule has 1 saturated carbocycles. The molecule has 1 aromatic carbocycles. The number of anilines is 1. The molecule has 2 aromatic rings. The quantitative estimate of drug-likeness (QED) is 0.829. The zero-order chi connectivity index (χ0) is 14.8. The van der Waals surface area contributed by atoms with Gasteiger partial charge >= 0.3 is 0 Å². The van der Waals surface area contributed by atoms with E-state index in [2.05, 4.69) is 17.9 Å². The van der Waals surface area contributed by atoms with E-state index in [0.29, 0.717) is 4.99 Å². The largest absolute Gasteiger partial charge is 0.389 e. The molecule has 1 heterocycles. The average Bonchev–Trinajstić information content (AvgIpc) is 3.29. The van der Waals surface area contributed by atoms with Crippen LogP contribution in [0, 0.1) is 5.92 Å². The van der Waals surface area contributed by atoms with Crippen LogP contribution in [0.15, 0.2) is 30.3 Å². The van der Waals surface area contributed by atoms with Crippen LogP contribution in [0.5, 0.6) is 0 Å².